The molecule has 1 aromatic rings. The molecule has 0 fully saturated rings. The van der Waals surface area contributed by atoms with Gasteiger partial charge in [0.2, 0.25) is 0 Å². The van der Waals surface area contributed by atoms with Gasteiger partial charge in [0.05, 0.1) is 28.5 Å². The number of allylic oxidation sites excluding steroid dienone is 1. The Balaban J connectivity index is 2.35. The lowest BCUT2D eigenvalue weighted by atomic mass is 9.78. The third kappa shape index (κ3) is 2.73. The van der Waals surface area contributed by atoms with Gasteiger partial charge in [-0.05, 0) is 18.6 Å². The first-order valence-electron chi connectivity index (χ1n) is 7.58. The number of aliphatic carboxylic acids is 1. The third-order valence-electron chi connectivity index (χ3n) is 4.30. The fourth-order valence-corrected chi connectivity index (χ4v) is 3.31. The Morgan fingerprint density at radius 2 is 2.12 bits per heavy atom. The highest BCUT2D eigenvalue weighted by Gasteiger charge is 2.44. The van der Waals surface area contributed by atoms with Crippen molar-refractivity contribution in [2.24, 2.45) is 0 Å². The lowest BCUT2D eigenvalue weighted by Crippen LogP contribution is -2.32. The van der Waals surface area contributed by atoms with Crippen molar-refractivity contribution in [1.29, 1.82) is 0 Å². The van der Waals surface area contributed by atoms with E-state index < -0.39 is 59.0 Å². The van der Waals surface area contributed by atoms with Crippen LogP contribution in [0.25, 0.3) is 0 Å². The van der Waals surface area contributed by atoms with Crippen LogP contribution in [0.15, 0.2) is 34.7 Å². The van der Waals surface area contributed by atoms with E-state index in [9.17, 15) is 32.3 Å². The summed E-state index contributed by atoms with van der Waals surface area (Å²) in [6.07, 6.45) is -1.93. The van der Waals surface area contributed by atoms with E-state index in [2.05, 4.69) is 5.32 Å². The molecule has 1 aromatic carbocycles. The minimum atomic E-state index is -1.93. The standard InChI is InChI=1S/C17H13F4NO4/c1-6(19)12-8(2-7(20)3-9(12)21)13-14(16(23)24)10(4-18)22-11-5-26-17(25)15(11)13/h2-3,6,13,22H,4-5H2,1H3,(H,23,24)/t6-,13?/m1/s1. The maximum absolute atomic E-state index is 14.2. The summed E-state index contributed by atoms with van der Waals surface area (Å²) >= 11 is 0. The van der Waals surface area contributed by atoms with E-state index in [1.807, 2.05) is 0 Å². The summed E-state index contributed by atoms with van der Waals surface area (Å²) in [5.74, 6) is -6.41. The predicted octanol–water partition coefficient (Wildman–Crippen LogP) is 2.80. The topological polar surface area (TPSA) is 75.6 Å². The molecule has 0 radical (unpaired) electrons. The first kappa shape index (κ1) is 18.0. The summed E-state index contributed by atoms with van der Waals surface area (Å²) < 4.78 is 60.3. The number of hydrogen-bond donors (Lipinski definition) is 2. The van der Waals surface area contributed by atoms with Gasteiger partial charge in [0, 0.05) is 11.6 Å². The Labute approximate surface area is 144 Å². The number of esters is 1. The average Bonchev–Trinajstić information content (AvgIpc) is 2.92. The molecule has 0 spiro atoms. The van der Waals surface area contributed by atoms with Crippen LogP contribution in [0.1, 0.15) is 30.1 Å². The number of carboxylic acids is 1. The lowest BCUT2D eigenvalue weighted by molar-refractivity contribution is -0.136. The van der Waals surface area contributed by atoms with Gasteiger partial charge in [-0.1, -0.05) is 0 Å². The number of cyclic esters (lactones) is 1. The van der Waals surface area contributed by atoms with Crippen LogP contribution in [0.3, 0.4) is 0 Å². The zero-order valence-electron chi connectivity index (χ0n) is 13.4. The number of nitrogens with one attached hydrogen (secondary N) is 1. The molecule has 2 atom stereocenters. The summed E-state index contributed by atoms with van der Waals surface area (Å²) in [6.45, 7) is -0.524. The smallest absolute Gasteiger partial charge is 0.337 e. The number of carbonyl (C=O) groups excluding carboxylic acids is 1. The quantitative estimate of drug-likeness (QED) is 0.629. The monoisotopic (exact) mass is 371 g/mol. The summed E-state index contributed by atoms with van der Waals surface area (Å²) in [6, 6.07) is 1.21. The van der Waals surface area contributed by atoms with Gasteiger partial charge >= 0.3 is 11.9 Å². The van der Waals surface area contributed by atoms with Crippen molar-refractivity contribution in [3.63, 3.8) is 0 Å². The molecule has 0 aromatic heterocycles. The van der Waals surface area contributed by atoms with E-state index in [1.165, 1.54) is 0 Å². The largest absolute Gasteiger partial charge is 0.478 e. The highest BCUT2D eigenvalue weighted by Crippen LogP contribution is 2.44. The Morgan fingerprint density at radius 3 is 2.69 bits per heavy atom. The van der Waals surface area contributed by atoms with Crippen LogP contribution in [0.4, 0.5) is 17.6 Å². The lowest BCUT2D eigenvalue weighted by Gasteiger charge is -2.28. The predicted molar refractivity (Wildman–Crippen MR) is 80.4 cm³/mol. The highest BCUT2D eigenvalue weighted by molar-refractivity contribution is 6.00. The third-order valence-corrected chi connectivity index (χ3v) is 4.30. The maximum Gasteiger partial charge on any atom is 0.337 e. The van der Waals surface area contributed by atoms with Gasteiger partial charge in [0.1, 0.15) is 31.1 Å². The first-order chi connectivity index (χ1) is 12.3. The molecule has 0 bridgehead atoms. The SMILES string of the molecule is C[C@@H](F)c1c(F)cc(F)cc1C1C(C(=O)O)=C(CF)NC2=C1C(=O)OC2. The number of rotatable bonds is 4. The number of carboxylic acid groups (broad SMARTS) is 1. The molecule has 0 saturated carbocycles. The molecule has 0 saturated heterocycles. The van der Waals surface area contributed by atoms with Crippen LogP contribution < -0.4 is 5.32 Å². The van der Waals surface area contributed by atoms with Crippen LogP contribution >= 0.6 is 0 Å². The number of hydrogen-bond acceptors (Lipinski definition) is 4. The molecule has 0 amide bonds. The molecule has 3 rings (SSSR count). The number of dihydropyridines is 1. The molecule has 138 valence electrons. The molecular formula is C17H13F4NO4. The van der Waals surface area contributed by atoms with Crippen molar-refractivity contribution in [1.82, 2.24) is 5.32 Å². The number of carbonyl (C=O) groups is 2. The highest BCUT2D eigenvalue weighted by atomic mass is 19.1. The average molecular weight is 371 g/mol. The van der Waals surface area contributed by atoms with Crippen molar-refractivity contribution in [3.05, 3.63) is 57.4 Å². The zero-order chi connectivity index (χ0) is 19.2. The molecular weight excluding hydrogens is 358 g/mol. The van der Waals surface area contributed by atoms with Gasteiger partial charge in [-0.15, -0.1) is 0 Å². The Bertz CT molecular complexity index is 876. The first-order valence-corrected chi connectivity index (χ1v) is 7.58. The van der Waals surface area contributed by atoms with Crippen LogP contribution in [-0.2, 0) is 14.3 Å². The number of benzene rings is 1. The Morgan fingerprint density at radius 1 is 1.42 bits per heavy atom. The van der Waals surface area contributed by atoms with E-state index >= 15 is 0 Å². The van der Waals surface area contributed by atoms with Gasteiger partial charge in [-0.25, -0.2) is 27.2 Å². The summed E-state index contributed by atoms with van der Waals surface area (Å²) in [5.41, 5.74) is -2.15. The van der Waals surface area contributed by atoms with E-state index in [-0.39, 0.29) is 23.6 Å². The second-order valence-electron chi connectivity index (χ2n) is 5.86. The van der Waals surface area contributed by atoms with Crippen LogP contribution in [-0.4, -0.2) is 30.3 Å². The fraction of sp³-hybridized carbons (Fsp3) is 0.294. The Hall–Kier alpha value is -2.84. The minimum Gasteiger partial charge on any atom is -0.478 e. The summed E-state index contributed by atoms with van der Waals surface area (Å²) in [7, 11) is 0. The normalized spacial score (nSPS) is 20.7. The maximum atomic E-state index is 14.2. The molecule has 2 N–H and O–H groups in total. The molecule has 9 heteroatoms. The summed E-state index contributed by atoms with van der Waals surface area (Å²) in [5, 5.41) is 12.0. The van der Waals surface area contributed by atoms with E-state index in [0.717, 1.165) is 13.0 Å². The molecule has 2 heterocycles. The molecule has 2 aliphatic heterocycles. The van der Waals surface area contributed by atoms with Crippen molar-refractivity contribution in [2.45, 2.75) is 19.0 Å². The van der Waals surface area contributed by atoms with Crippen molar-refractivity contribution in [2.75, 3.05) is 13.3 Å². The van der Waals surface area contributed by atoms with Crippen molar-refractivity contribution < 1.29 is 37.0 Å². The van der Waals surface area contributed by atoms with Gasteiger partial charge in [-0.2, -0.15) is 0 Å². The molecule has 0 aliphatic carbocycles. The van der Waals surface area contributed by atoms with Crippen LogP contribution in [0.5, 0.6) is 0 Å². The zero-order valence-corrected chi connectivity index (χ0v) is 13.4. The second kappa shape index (κ2) is 6.47. The van der Waals surface area contributed by atoms with E-state index in [4.69, 9.17) is 4.74 Å². The number of alkyl halides is 2. The fourth-order valence-electron chi connectivity index (χ4n) is 3.31. The van der Waals surface area contributed by atoms with Crippen molar-refractivity contribution >= 4 is 11.9 Å². The van der Waals surface area contributed by atoms with E-state index in [0.29, 0.717) is 6.07 Å². The Kier molecular flexibility index (Phi) is 4.47. The van der Waals surface area contributed by atoms with E-state index in [1.54, 1.807) is 0 Å². The number of ether oxygens (including phenoxy) is 1. The summed E-state index contributed by atoms with van der Waals surface area (Å²) in [4.78, 5) is 23.8. The molecule has 26 heavy (non-hydrogen) atoms. The van der Waals surface area contributed by atoms with Gasteiger partial charge < -0.3 is 15.2 Å². The van der Waals surface area contributed by atoms with Crippen LogP contribution in [0, 0.1) is 11.6 Å². The van der Waals surface area contributed by atoms with Gasteiger partial charge in [0.15, 0.2) is 0 Å². The number of halogens is 4. The molecule has 5 nitrogen and oxygen atoms in total. The van der Waals surface area contributed by atoms with Crippen LogP contribution in [0.2, 0.25) is 0 Å². The van der Waals surface area contributed by atoms with Gasteiger partial charge in [0.25, 0.3) is 0 Å². The molecule has 2 aliphatic rings. The molecule has 1 unspecified atom stereocenters. The minimum absolute atomic E-state index is 0.0831. The van der Waals surface area contributed by atoms with Gasteiger partial charge in [-0.3, -0.25) is 0 Å². The second-order valence-corrected chi connectivity index (χ2v) is 5.86. The van der Waals surface area contributed by atoms with Crippen molar-refractivity contribution in [3.8, 4) is 0 Å².